The van der Waals surface area contributed by atoms with Gasteiger partial charge >= 0.3 is 5.97 Å². The van der Waals surface area contributed by atoms with Crippen LogP contribution in [0.4, 0.5) is 5.69 Å². The zero-order chi connectivity index (χ0) is 15.6. The number of halogens is 2. The average Bonchev–Trinajstić information content (AvgIpc) is 2.42. The summed E-state index contributed by atoms with van der Waals surface area (Å²) in [5, 5.41) is 12.7. The highest BCUT2D eigenvalue weighted by Gasteiger charge is 2.35. The Kier molecular flexibility index (Phi) is 4.91. The minimum atomic E-state index is -0.951. The van der Waals surface area contributed by atoms with E-state index in [2.05, 4.69) is 5.32 Å². The van der Waals surface area contributed by atoms with E-state index in [9.17, 15) is 14.7 Å². The molecule has 2 atom stereocenters. The van der Waals surface area contributed by atoms with Crippen molar-refractivity contribution < 1.29 is 14.7 Å². The molecule has 0 fully saturated rings. The molecule has 0 aromatic heterocycles. The van der Waals surface area contributed by atoms with Gasteiger partial charge in [-0.2, -0.15) is 0 Å². The minimum Gasteiger partial charge on any atom is -0.481 e. The van der Waals surface area contributed by atoms with Crippen LogP contribution in [0.2, 0.25) is 10.0 Å². The summed E-state index contributed by atoms with van der Waals surface area (Å²) >= 11 is 11.7. The van der Waals surface area contributed by atoms with Crippen molar-refractivity contribution in [2.75, 3.05) is 5.32 Å². The summed E-state index contributed by atoms with van der Waals surface area (Å²) in [6.07, 6.45) is 2.70. The van der Waals surface area contributed by atoms with Crippen molar-refractivity contribution in [2.24, 2.45) is 11.8 Å². The Morgan fingerprint density at radius 1 is 1.24 bits per heavy atom. The van der Waals surface area contributed by atoms with Gasteiger partial charge in [-0.1, -0.05) is 34.9 Å². The van der Waals surface area contributed by atoms with Crippen molar-refractivity contribution in [1.82, 2.24) is 0 Å². The third-order valence-corrected chi connectivity index (χ3v) is 4.33. The number of anilines is 1. The van der Waals surface area contributed by atoms with E-state index in [-0.39, 0.29) is 5.91 Å². The van der Waals surface area contributed by atoms with Crippen LogP contribution in [-0.4, -0.2) is 17.0 Å². The number of nitrogens with one attached hydrogen (secondary N) is 1. The third kappa shape index (κ3) is 3.77. The van der Waals surface area contributed by atoms with Crippen LogP contribution in [-0.2, 0) is 9.59 Å². The van der Waals surface area contributed by atoms with E-state index in [4.69, 9.17) is 23.2 Å². The molecule has 0 bridgehead atoms. The van der Waals surface area contributed by atoms with Crippen molar-refractivity contribution in [3.05, 3.63) is 39.9 Å². The molecular formula is C15H15Cl2NO3. The van der Waals surface area contributed by atoms with Crippen LogP contribution in [0.5, 0.6) is 0 Å². The van der Waals surface area contributed by atoms with Crippen molar-refractivity contribution in [2.45, 2.75) is 19.8 Å². The molecule has 1 aliphatic rings. The van der Waals surface area contributed by atoms with Crippen LogP contribution in [0.25, 0.3) is 0 Å². The van der Waals surface area contributed by atoms with Crippen LogP contribution in [0.15, 0.2) is 29.8 Å². The number of aliphatic carboxylic acids is 1. The highest BCUT2D eigenvalue weighted by molar-refractivity contribution is 6.42. The fourth-order valence-corrected chi connectivity index (χ4v) is 2.72. The van der Waals surface area contributed by atoms with Crippen molar-refractivity contribution in [3.63, 3.8) is 0 Å². The van der Waals surface area contributed by atoms with Gasteiger partial charge in [0.05, 0.1) is 21.9 Å². The first-order valence-electron chi connectivity index (χ1n) is 6.53. The van der Waals surface area contributed by atoms with Crippen LogP contribution in [0.1, 0.15) is 19.8 Å². The molecule has 0 spiro atoms. The molecule has 2 rings (SSSR count). The molecule has 0 aliphatic heterocycles. The van der Waals surface area contributed by atoms with E-state index >= 15 is 0 Å². The summed E-state index contributed by atoms with van der Waals surface area (Å²) < 4.78 is 0. The Labute approximate surface area is 132 Å². The molecule has 1 aromatic rings. The van der Waals surface area contributed by atoms with Gasteiger partial charge in [-0.15, -0.1) is 0 Å². The highest BCUT2D eigenvalue weighted by atomic mass is 35.5. The lowest BCUT2D eigenvalue weighted by molar-refractivity contribution is -0.146. The molecule has 2 N–H and O–H groups in total. The van der Waals surface area contributed by atoms with Crippen LogP contribution >= 0.6 is 23.2 Å². The number of allylic oxidation sites excluding steroid dienone is 2. The second-order valence-corrected chi connectivity index (χ2v) is 5.97. The highest BCUT2D eigenvalue weighted by Crippen LogP contribution is 2.31. The van der Waals surface area contributed by atoms with E-state index in [1.165, 1.54) is 0 Å². The van der Waals surface area contributed by atoms with Crippen molar-refractivity contribution in [1.29, 1.82) is 0 Å². The van der Waals surface area contributed by atoms with Gasteiger partial charge in [0.2, 0.25) is 5.91 Å². The SMILES string of the molecule is CC1=CC[C@H](C(=O)O)[C@H](C(=O)Nc2ccc(Cl)c(Cl)c2)C1. The Morgan fingerprint density at radius 3 is 2.57 bits per heavy atom. The minimum absolute atomic E-state index is 0.312. The van der Waals surface area contributed by atoms with Gasteiger partial charge in [0.25, 0.3) is 0 Å². The van der Waals surface area contributed by atoms with Crippen molar-refractivity contribution >= 4 is 40.8 Å². The first-order valence-corrected chi connectivity index (χ1v) is 7.28. The predicted molar refractivity (Wildman–Crippen MR) is 82.7 cm³/mol. The molecule has 0 unspecified atom stereocenters. The second kappa shape index (κ2) is 6.50. The van der Waals surface area contributed by atoms with Gasteiger partial charge in [0.15, 0.2) is 0 Å². The number of carboxylic acids is 1. The summed E-state index contributed by atoms with van der Waals surface area (Å²) in [5.41, 5.74) is 1.53. The number of carbonyl (C=O) groups is 2. The Balaban J connectivity index is 2.16. The molecule has 0 heterocycles. The zero-order valence-electron chi connectivity index (χ0n) is 11.4. The summed E-state index contributed by atoms with van der Waals surface area (Å²) in [6, 6.07) is 4.76. The Morgan fingerprint density at radius 2 is 1.95 bits per heavy atom. The lowest BCUT2D eigenvalue weighted by atomic mass is 9.79. The van der Waals surface area contributed by atoms with Gasteiger partial charge in [-0.05, 0) is 38.0 Å². The zero-order valence-corrected chi connectivity index (χ0v) is 12.9. The molecule has 112 valence electrons. The smallest absolute Gasteiger partial charge is 0.307 e. The van der Waals surface area contributed by atoms with E-state index < -0.39 is 17.8 Å². The maximum atomic E-state index is 12.3. The largest absolute Gasteiger partial charge is 0.481 e. The number of rotatable bonds is 3. The molecule has 1 amide bonds. The molecule has 1 aromatic carbocycles. The number of benzene rings is 1. The summed E-state index contributed by atoms with van der Waals surface area (Å²) in [4.78, 5) is 23.6. The van der Waals surface area contributed by atoms with Crippen molar-refractivity contribution in [3.8, 4) is 0 Å². The van der Waals surface area contributed by atoms with E-state index in [0.717, 1.165) is 5.57 Å². The topological polar surface area (TPSA) is 66.4 Å². The van der Waals surface area contributed by atoms with Gasteiger partial charge in [-0.3, -0.25) is 9.59 Å². The van der Waals surface area contributed by atoms with Gasteiger partial charge in [0, 0.05) is 5.69 Å². The number of carboxylic acid groups (broad SMARTS) is 1. The van der Waals surface area contributed by atoms with E-state index in [1.54, 1.807) is 18.2 Å². The van der Waals surface area contributed by atoms with Gasteiger partial charge in [-0.25, -0.2) is 0 Å². The number of hydrogen-bond acceptors (Lipinski definition) is 2. The van der Waals surface area contributed by atoms with Gasteiger partial charge < -0.3 is 10.4 Å². The quantitative estimate of drug-likeness (QED) is 0.825. The monoisotopic (exact) mass is 327 g/mol. The summed E-state index contributed by atoms with van der Waals surface area (Å²) in [6.45, 7) is 1.90. The lowest BCUT2D eigenvalue weighted by Gasteiger charge is -2.26. The van der Waals surface area contributed by atoms with Crippen LogP contribution < -0.4 is 5.32 Å². The van der Waals surface area contributed by atoms with E-state index in [1.807, 2.05) is 13.0 Å². The maximum absolute atomic E-state index is 12.3. The number of hydrogen-bond donors (Lipinski definition) is 2. The first-order chi connectivity index (χ1) is 9.88. The van der Waals surface area contributed by atoms with E-state index in [0.29, 0.717) is 28.6 Å². The Bertz CT molecular complexity index is 613. The normalized spacial score (nSPS) is 21.6. The standard InChI is InChI=1S/C15H15Cl2NO3/c1-8-2-4-10(15(20)21)11(6-8)14(19)18-9-3-5-12(16)13(17)7-9/h2-3,5,7,10-11H,4,6H2,1H3,(H,18,19)(H,20,21)/t10-,11+/m0/s1. The number of amides is 1. The molecule has 4 nitrogen and oxygen atoms in total. The molecular weight excluding hydrogens is 313 g/mol. The third-order valence-electron chi connectivity index (χ3n) is 3.59. The molecule has 0 saturated heterocycles. The molecule has 0 saturated carbocycles. The molecule has 0 radical (unpaired) electrons. The lowest BCUT2D eigenvalue weighted by Crippen LogP contribution is -2.35. The molecule has 6 heteroatoms. The number of carbonyl (C=O) groups excluding carboxylic acids is 1. The fraction of sp³-hybridized carbons (Fsp3) is 0.333. The molecule has 1 aliphatic carbocycles. The van der Waals surface area contributed by atoms with Gasteiger partial charge in [0.1, 0.15) is 0 Å². The second-order valence-electron chi connectivity index (χ2n) is 5.16. The summed E-state index contributed by atoms with van der Waals surface area (Å²) in [7, 11) is 0. The average molecular weight is 328 g/mol. The first kappa shape index (κ1) is 15.9. The molecule has 21 heavy (non-hydrogen) atoms. The predicted octanol–water partition coefficient (Wildman–Crippen LogP) is 3.99. The van der Waals surface area contributed by atoms with Crippen LogP contribution in [0, 0.1) is 11.8 Å². The Hall–Kier alpha value is -1.52. The maximum Gasteiger partial charge on any atom is 0.307 e. The van der Waals surface area contributed by atoms with Crippen LogP contribution in [0.3, 0.4) is 0 Å². The summed E-state index contributed by atoms with van der Waals surface area (Å²) in [5.74, 6) is -2.54. The fourth-order valence-electron chi connectivity index (χ4n) is 2.42.